The van der Waals surface area contributed by atoms with Gasteiger partial charge in [0.25, 0.3) is 0 Å². The Hall–Kier alpha value is -2.26. The predicted octanol–water partition coefficient (Wildman–Crippen LogP) is 3.97. The summed E-state index contributed by atoms with van der Waals surface area (Å²) in [5.41, 5.74) is 10.4. The van der Waals surface area contributed by atoms with Crippen molar-refractivity contribution in [3.8, 4) is 0 Å². The molecule has 1 atom stereocenters. The number of benzene rings is 2. The van der Waals surface area contributed by atoms with Crippen LogP contribution in [0.5, 0.6) is 0 Å². The number of fused-ring (bicyclic) bond motifs is 1. The first-order valence-corrected chi connectivity index (χ1v) is 10.6. The Balaban J connectivity index is 1.71. The summed E-state index contributed by atoms with van der Waals surface area (Å²) >= 11 is 18.5. The van der Waals surface area contributed by atoms with E-state index < -0.39 is 5.92 Å². The molecule has 1 fully saturated rings. The average molecular weight is 464 g/mol. The van der Waals surface area contributed by atoms with E-state index in [2.05, 4.69) is 15.5 Å². The Bertz CT molecular complexity index is 1110. The van der Waals surface area contributed by atoms with Crippen LogP contribution in [0.1, 0.15) is 10.9 Å². The van der Waals surface area contributed by atoms with Crippen LogP contribution in [0.4, 0.5) is 5.69 Å². The molecule has 10 heteroatoms. The number of thiocarbonyl (C=S) groups is 1. The molecule has 0 amide bonds. The summed E-state index contributed by atoms with van der Waals surface area (Å²) in [6.45, 7) is 0.588. The minimum atomic E-state index is -0.562. The highest BCUT2D eigenvalue weighted by Crippen LogP contribution is 2.34. The smallest absolute Gasteiger partial charge is 0.184 e. The van der Waals surface area contributed by atoms with Gasteiger partial charge < -0.3 is 10.6 Å². The minimum Gasteiger partial charge on any atom is -0.375 e. The molecule has 6 nitrogen and oxygen atoms in total. The molecular weight excluding hydrogens is 449 g/mol. The van der Waals surface area contributed by atoms with E-state index in [4.69, 9.17) is 41.2 Å². The van der Waals surface area contributed by atoms with E-state index in [0.717, 1.165) is 15.9 Å². The number of rotatable bonds is 3. The van der Waals surface area contributed by atoms with Crippen molar-refractivity contribution in [1.82, 2.24) is 10.4 Å². The summed E-state index contributed by atoms with van der Waals surface area (Å²) in [6.07, 6.45) is 0. The van der Waals surface area contributed by atoms with Gasteiger partial charge >= 0.3 is 0 Å². The molecule has 0 aliphatic carbocycles. The van der Waals surface area contributed by atoms with Gasteiger partial charge in [-0.25, -0.2) is 4.98 Å². The Morgan fingerprint density at radius 2 is 2.03 bits per heavy atom. The first-order chi connectivity index (χ1) is 13.9. The number of para-hydroxylation sites is 1. The van der Waals surface area contributed by atoms with Crippen molar-refractivity contribution in [2.45, 2.75) is 5.92 Å². The van der Waals surface area contributed by atoms with Crippen molar-refractivity contribution >= 4 is 79.3 Å². The zero-order valence-corrected chi connectivity index (χ0v) is 18.1. The van der Waals surface area contributed by atoms with Gasteiger partial charge in [0.2, 0.25) is 0 Å². The molecule has 0 bridgehead atoms. The third-order valence-electron chi connectivity index (χ3n) is 4.49. The molecule has 29 heavy (non-hydrogen) atoms. The summed E-state index contributed by atoms with van der Waals surface area (Å²) in [4.78, 5) is 19.7. The minimum absolute atomic E-state index is 0.0233. The van der Waals surface area contributed by atoms with Gasteiger partial charge in [0.1, 0.15) is 10.9 Å². The second kappa shape index (κ2) is 8.23. The Labute approximate surface area is 186 Å². The van der Waals surface area contributed by atoms with Gasteiger partial charge in [0.15, 0.2) is 10.9 Å². The third-order valence-corrected chi connectivity index (χ3v) is 6.42. The topological polar surface area (TPSA) is 83.6 Å². The first-order valence-electron chi connectivity index (χ1n) is 8.62. The molecule has 3 N–H and O–H groups in total. The number of anilines is 1. The number of hydrogen-bond acceptors (Lipinski definition) is 6. The summed E-state index contributed by atoms with van der Waals surface area (Å²) < 4.78 is 1.02. The van der Waals surface area contributed by atoms with Crippen LogP contribution >= 0.6 is 46.8 Å². The fourth-order valence-electron chi connectivity index (χ4n) is 3.19. The Kier molecular flexibility index (Phi) is 5.69. The molecule has 1 saturated heterocycles. The summed E-state index contributed by atoms with van der Waals surface area (Å²) in [7, 11) is 0. The molecule has 0 saturated carbocycles. The molecule has 1 aliphatic rings. The molecule has 1 aromatic heterocycles. The van der Waals surface area contributed by atoms with Crippen LogP contribution in [0.3, 0.4) is 0 Å². The van der Waals surface area contributed by atoms with E-state index in [1.807, 2.05) is 35.2 Å². The number of thiazole rings is 1. The number of nitrogens with zero attached hydrogens (tertiary/aromatic N) is 3. The second-order valence-corrected chi connectivity index (χ2v) is 8.77. The zero-order chi connectivity index (χ0) is 20.5. The zero-order valence-electron chi connectivity index (χ0n) is 14.9. The lowest BCUT2D eigenvalue weighted by molar-refractivity contribution is -0.118. The molecule has 1 aliphatic heterocycles. The Morgan fingerprint density at radius 3 is 2.76 bits per heavy atom. The average Bonchev–Trinajstić information content (AvgIpc) is 3.11. The fraction of sp³-hybridized carbons (Fsp3) is 0.158. The summed E-state index contributed by atoms with van der Waals surface area (Å²) in [5.74, 6) is -0.585. The number of hydrogen-bond donors (Lipinski definition) is 2. The highest BCUT2D eigenvalue weighted by atomic mass is 35.5. The highest BCUT2D eigenvalue weighted by Gasteiger charge is 2.36. The van der Waals surface area contributed by atoms with Crippen molar-refractivity contribution in [2.75, 3.05) is 18.0 Å². The molecule has 0 radical (unpaired) electrons. The van der Waals surface area contributed by atoms with Gasteiger partial charge in [-0.1, -0.05) is 35.3 Å². The quantitative estimate of drug-likeness (QED) is 0.451. The number of nitrogens with one attached hydrogen (secondary N) is 1. The number of nitrogens with two attached hydrogens (primary N) is 1. The lowest BCUT2D eigenvalue weighted by atomic mass is 9.93. The number of Topliss-reactive ketones (excluding diaryl/α,β-unsaturated/α-hetero) is 1. The maximum absolute atomic E-state index is 13.2. The number of hydrazone groups is 1. The molecule has 1 unspecified atom stereocenters. The van der Waals surface area contributed by atoms with Gasteiger partial charge in [0, 0.05) is 5.69 Å². The number of carbonyl (C=O) groups is 1. The van der Waals surface area contributed by atoms with Crippen LogP contribution in [0.25, 0.3) is 10.2 Å². The van der Waals surface area contributed by atoms with E-state index in [0.29, 0.717) is 27.3 Å². The molecule has 2 heterocycles. The van der Waals surface area contributed by atoms with E-state index in [-0.39, 0.29) is 17.4 Å². The van der Waals surface area contributed by atoms with Gasteiger partial charge in [0.05, 0.1) is 39.1 Å². The maximum Gasteiger partial charge on any atom is 0.184 e. The lowest BCUT2D eigenvalue weighted by Crippen LogP contribution is -2.47. The number of aromatic nitrogens is 1. The fourth-order valence-corrected chi connectivity index (χ4v) is 4.65. The Morgan fingerprint density at radius 1 is 1.24 bits per heavy atom. The molecular formula is C19H15Cl2N5OS2. The molecule has 4 rings (SSSR count). The normalized spacial score (nSPS) is 18.4. The van der Waals surface area contributed by atoms with Crippen LogP contribution < -0.4 is 16.1 Å². The van der Waals surface area contributed by atoms with Crippen molar-refractivity contribution in [3.05, 3.63) is 57.5 Å². The summed E-state index contributed by atoms with van der Waals surface area (Å²) in [5, 5.41) is 5.93. The number of ketones is 1. The lowest BCUT2D eigenvalue weighted by Gasteiger charge is -2.33. The first kappa shape index (κ1) is 20.0. The third kappa shape index (κ3) is 4.20. The van der Waals surface area contributed by atoms with Gasteiger partial charge in [-0.15, -0.1) is 11.3 Å². The molecule has 3 aromatic rings. The monoisotopic (exact) mass is 463 g/mol. The number of carbonyl (C=O) groups excluding carboxylic acids is 1. The van der Waals surface area contributed by atoms with Crippen LogP contribution in [0.15, 0.2) is 47.6 Å². The van der Waals surface area contributed by atoms with Crippen LogP contribution in [0, 0.1) is 0 Å². The second-order valence-electron chi connectivity index (χ2n) is 6.45. The van der Waals surface area contributed by atoms with E-state index >= 15 is 0 Å². The van der Waals surface area contributed by atoms with Crippen LogP contribution in [-0.2, 0) is 4.79 Å². The van der Waals surface area contributed by atoms with Crippen LogP contribution in [-0.4, -0.2) is 34.7 Å². The van der Waals surface area contributed by atoms with Gasteiger partial charge in [-0.3, -0.25) is 10.2 Å². The molecule has 2 aromatic carbocycles. The molecule has 0 spiro atoms. The van der Waals surface area contributed by atoms with E-state index in [9.17, 15) is 4.79 Å². The predicted molar refractivity (Wildman–Crippen MR) is 123 cm³/mol. The van der Waals surface area contributed by atoms with Gasteiger partial charge in [-0.05, 0) is 42.5 Å². The summed E-state index contributed by atoms with van der Waals surface area (Å²) in [6, 6.07) is 13.0. The van der Waals surface area contributed by atoms with E-state index in [1.54, 1.807) is 12.1 Å². The maximum atomic E-state index is 13.2. The van der Waals surface area contributed by atoms with Gasteiger partial charge in [-0.2, -0.15) is 5.10 Å². The van der Waals surface area contributed by atoms with Crippen molar-refractivity contribution in [2.24, 2.45) is 10.8 Å². The van der Waals surface area contributed by atoms with Crippen molar-refractivity contribution in [3.63, 3.8) is 0 Å². The highest BCUT2D eigenvalue weighted by molar-refractivity contribution is 7.80. The largest absolute Gasteiger partial charge is 0.375 e. The van der Waals surface area contributed by atoms with Crippen molar-refractivity contribution < 1.29 is 4.79 Å². The number of piperidine rings is 1. The SMILES string of the molecule is NC(=S)N/N=C1/CN(c2ccc(Cl)c(Cl)c2)CC(=O)C1c1nc2ccccc2s1. The number of halogens is 2. The van der Waals surface area contributed by atoms with E-state index in [1.165, 1.54) is 11.3 Å². The van der Waals surface area contributed by atoms with Crippen molar-refractivity contribution in [1.29, 1.82) is 0 Å². The van der Waals surface area contributed by atoms with Crippen LogP contribution in [0.2, 0.25) is 10.0 Å². The standard InChI is InChI=1S/C19H15Cl2N5OS2/c20-11-6-5-10(7-12(11)21)26-8-14(24-25-19(22)28)17(15(27)9-26)18-23-13-3-1-2-4-16(13)29-18/h1-7,17H,8-9H2,(H3,22,25,28)/b24-14-. The molecule has 148 valence electrons.